The van der Waals surface area contributed by atoms with E-state index in [0.717, 1.165) is 25.9 Å². The molecule has 0 aliphatic rings. The summed E-state index contributed by atoms with van der Waals surface area (Å²) >= 11 is 0. The second kappa shape index (κ2) is 7.36. The smallest absolute Gasteiger partial charge is 0.0271 e. The minimum absolute atomic E-state index is 0.352. The average Bonchev–Trinajstić information content (AvgIpc) is 2.28. The van der Waals surface area contributed by atoms with E-state index < -0.39 is 0 Å². The molecule has 3 nitrogen and oxygen atoms in total. The van der Waals surface area contributed by atoms with Gasteiger partial charge in [0.2, 0.25) is 0 Å². The van der Waals surface area contributed by atoms with Crippen molar-refractivity contribution in [1.29, 1.82) is 0 Å². The second-order valence-corrected chi connectivity index (χ2v) is 4.43. The Morgan fingerprint density at radius 3 is 2.62 bits per heavy atom. The minimum atomic E-state index is 0.352. The van der Waals surface area contributed by atoms with Crippen molar-refractivity contribution in [3.63, 3.8) is 0 Å². The van der Waals surface area contributed by atoms with Gasteiger partial charge in [-0.2, -0.15) is 0 Å². The maximum Gasteiger partial charge on any atom is 0.0271 e. The van der Waals surface area contributed by atoms with E-state index in [-0.39, 0.29) is 0 Å². The third kappa shape index (κ3) is 5.24. The lowest BCUT2D eigenvalue weighted by Crippen LogP contribution is -2.27. The molecule has 1 aromatic heterocycles. The van der Waals surface area contributed by atoms with Crippen LogP contribution < -0.4 is 5.73 Å². The van der Waals surface area contributed by atoms with E-state index in [1.165, 1.54) is 12.0 Å². The lowest BCUT2D eigenvalue weighted by Gasteiger charge is -2.19. The molecule has 0 spiro atoms. The van der Waals surface area contributed by atoms with Crippen molar-refractivity contribution >= 4 is 0 Å². The van der Waals surface area contributed by atoms with Crippen LogP contribution in [0.5, 0.6) is 0 Å². The standard InChI is InChI=1S/C13H23N3/c1-3-4-13(14)7-10-16(2)11-12-5-8-15-9-6-12/h5-6,8-9,13H,3-4,7,10-11,14H2,1-2H3. The van der Waals surface area contributed by atoms with Crippen LogP contribution in [-0.4, -0.2) is 29.5 Å². The van der Waals surface area contributed by atoms with Crippen molar-refractivity contribution in [2.45, 2.75) is 38.8 Å². The van der Waals surface area contributed by atoms with Gasteiger partial charge in [0, 0.05) is 25.0 Å². The molecule has 1 atom stereocenters. The molecule has 0 amide bonds. The molecule has 1 unspecified atom stereocenters. The number of nitrogens with zero attached hydrogens (tertiary/aromatic N) is 2. The van der Waals surface area contributed by atoms with Crippen LogP contribution in [0.3, 0.4) is 0 Å². The highest BCUT2D eigenvalue weighted by Crippen LogP contribution is 2.04. The number of pyridine rings is 1. The van der Waals surface area contributed by atoms with Gasteiger partial charge in [0.1, 0.15) is 0 Å². The molecule has 0 fully saturated rings. The maximum atomic E-state index is 5.99. The Morgan fingerprint density at radius 2 is 2.00 bits per heavy atom. The van der Waals surface area contributed by atoms with Crippen LogP contribution in [0.25, 0.3) is 0 Å². The van der Waals surface area contributed by atoms with Gasteiger partial charge in [0.25, 0.3) is 0 Å². The zero-order valence-corrected chi connectivity index (χ0v) is 10.4. The van der Waals surface area contributed by atoms with Gasteiger partial charge in [0.05, 0.1) is 0 Å². The first-order valence-electron chi connectivity index (χ1n) is 6.05. The predicted molar refractivity (Wildman–Crippen MR) is 68.1 cm³/mol. The van der Waals surface area contributed by atoms with E-state index in [4.69, 9.17) is 5.73 Å². The van der Waals surface area contributed by atoms with Crippen molar-refractivity contribution in [2.24, 2.45) is 5.73 Å². The zero-order valence-electron chi connectivity index (χ0n) is 10.4. The third-order valence-corrected chi connectivity index (χ3v) is 2.74. The SMILES string of the molecule is CCCC(N)CCN(C)Cc1ccncc1. The highest BCUT2D eigenvalue weighted by molar-refractivity contribution is 5.09. The van der Waals surface area contributed by atoms with Gasteiger partial charge in [-0.1, -0.05) is 13.3 Å². The molecular formula is C13H23N3. The highest BCUT2D eigenvalue weighted by atomic mass is 15.1. The van der Waals surface area contributed by atoms with Gasteiger partial charge < -0.3 is 10.6 Å². The van der Waals surface area contributed by atoms with Crippen LogP contribution in [0.4, 0.5) is 0 Å². The van der Waals surface area contributed by atoms with Crippen molar-refractivity contribution in [3.8, 4) is 0 Å². The third-order valence-electron chi connectivity index (χ3n) is 2.74. The maximum absolute atomic E-state index is 5.99. The first-order valence-corrected chi connectivity index (χ1v) is 6.05. The van der Waals surface area contributed by atoms with Gasteiger partial charge in [-0.25, -0.2) is 0 Å². The molecule has 3 heteroatoms. The predicted octanol–water partition coefficient (Wildman–Crippen LogP) is 2.03. The van der Waals surface area contributed by atoms with Gasteiger partial charge in [0.15, 0.2) is 0 Å². The fraction of sp³-hybridized carbons (Fsp3) is 0.615. The summed E-state index contributed by atoms with van der Waals surface area (Å²) in [7, 11) is 2.14. The Hall–Kier alpha value is -0.930. The number of nitrogens with two attached hydrogens (primary N) is 1. The summed E-state index contributed by atoms with van der Waals surface area (Å²) in [6.45, 7) is 4.21. The Labute approximate surface area is 98.7 Å². The quantitative estimate of drug-likeness (QED) is 0.766. The average molecular weight is 221 g/mol. The van der Waals surface area contributed by atoms with E-state index in [2.05, 4.69) is 36.0 Å². The van der Waals surface area contributed by atoms with Crippen molar-refractivity contribution < 1.29 is 0 Å². The van der Waals surface area contributed by atoms with E-state index in [1.807, 2.05) is 12.4 Å². The number of rotatable bonds is 7. The van der Waals surface area contributed by atoms with E-state index in [0.29, 0.717) is 6.04 Å². The molecule has 1 rings (SSSR count). The zero-order chi connectivity index (χ0) is 11.8. The van der Waals surface area contributed by atoms with Gasteiger partial charge in [-0.05, 0) is 44.1 Å². The Morgan fingerprint density at radius 1 is 1.31 bits per heavy atom. The molecule has 0 saturated heterocycles. The summed E-state index contributed by atoms with van der Waals surface area (Å²) in [5.41, 5.74) is 7.30. The van der Waals surface area contributed by atoms with Crippen molar-refractivity contribution in [3.05, 3.63) is 30.1 Å². The Kier molecular flexibility index (Phi) is 6.04. The number of aromatic nitrogens is 1. The fourth-order valence-corrected chi connectivity index (χ4v) is 1.78. The van der Waals surface area contributed by atoms with Gasteiger partial charge in [-0.15, -0.1) is 0 Å². The van der Waals surface area contributed by atoms with Crippen LogP contribution in [0.1, 0.15) is 31.7 Å². The van der Waals surface area contributed by atoms with E-state index in [9.17, 15) is 0 Å². The molecule has 0 bridgehead atoms. The summed E-state index contributed by atoms with van der Waals surface area (Å²) in [4.78, 5) is 6.32. The largest absolute Gasteiger partial charge is 0.328 e. The highest BCUT2D eigenvalue weighted by Gasteiger charge is 2.04. The molecule has 0 saturated carbocycles. The van der Waals surface area contributed by atoms with Crippen LogP contribution >= 0.6 is 0 Å². The lowest BCUT2D eigenvalue weighted by molar-refractivity contribution is 0.307. The monoisotopic (exact) mass is 221 g/mol. The first kappa shape index (κ1) is 13.1. The van der Waals surface area contributed by atoms with Gasteiger partial charge in [-0.3, -0.25) is 4.98 Å². The molecule has 0 aliphatic heterocycles. The molecule has 1 aromatic rings. The van der Waals surface area contributed by atoms with E-state index in [1.54, 1.807) is 0 Å². The molecule has 16 heavy (non-hydrogen) atoms. The molecule has 0 aromatic carbocycles. The molecule has 0 aliphatic carbocycles. The molecule has 0 radical (unpaired) electrons. The fourth-order valence-electron chi connectivity index (χ4n) is 1.78. The van der Waals surface area contributed by atoms with Crippen LogP contribution in [0.15, 0.2) is 24.5 Å². The topological polar surface area (TPSA) is 42.1 Å². The molecule has 90 valence electrons. The van der Waals surface area contributed by atoms with Crippen molar-refractivity contribution in [2.75, 3.05) is 13.6 Å². The lowest BCUT2D eigenvalue weighted by atomic mass is 10.1. The van der Waals surface area contributed by atoms with Crippen LogP contribution in [-0.2, 0) is 6.54 Å². The van der Waals surface area contributed by atoms with Crippen LogP contribution in [0, 0.1) is 0 Å². The summed E-state index contributed by atoms with van der Waals surface area (Å²) in [5, 5.41) is 0. The summed E-state index contributed by atoms with van der Waals surface area (Å²) in [5.74, 6) is 0. The summed E-state index contributed by atoms with van der Waals surface area (Å²) in [6.07, 6.45) is 7.06. The van der Waals surface area contributed by atoms with Crippen molar-refractivity contribution in [1.82, 2.24) is 9.88 Å². The summed E-state index contributed by atoms with van der Waals surface area (Å²) in [6, 6.07) is 4.47. The van der Waals surface area contributed by atoms with E-state index >= 15 is 0 Å². The molecular weight excluding hydrogens is 198 g/mol. The number of hydrogen-bond donors (Lipinski definition) is 1. The van der Waals surface area contributed by atoms with Gasteiger partial charge >= 0.3 is 0 Å². The first-order chi connectivity index (χ1) is 7.72. The minimum Gasteiger partial charge on any atom is -0.328 e. The Balaban J connectivity index is 2.23. The molecule has 2 N–H and O–H groups in total. The van der Waals surface area contributed by atoms with Crippen LogP contribution in [0.2, 0.25) is 0 Å². The number of hydrogen-bond acceptors (Lipinski definition) is 3. The normalized spacial score (nSPS) is 13.0. The summed E-state index contributed by atoms with van der Waals surface area (Å²) < 4.78 is 0. The Bertz CT molecular complexity index is 274. The second-order valence-electron chi connectivity index (χ2n) is 4.43. The molecule has 1 heterocycles.